The molecule has 0 atom stereocenters. The summed E-state index contributed by atoms with van der Waals surface area (Å²) in [6.45, 7) is 5.63. The Labute approximate surface area is 150 Å². The zero-order valence-corrected chi connectivity index (χ0v) is 14.8. The summed E-state index contributed by atoms with van der Waals surface area (Å²) in [4.78, 5) is 26.3. The van der Waals surface area contributed by atoms with E-state index in [9.17, 15) is 14.7 Å². The lowest BCUT2D eigenvalue weighted by atomic mass is 10.1. The molecule has 1 aliphatic rings. The number of hydrogen-bond donors (Lipinski definition) is 2. The SMILES string of the molecule is Cc1cc(C)cc(N2C(=O)C(Cl)=C(Nc3cc(C)ccc3O)C2=O)c1. The van der Waals surface area contributed by atoms with Crippen LogP contribution in [-0.4, -0.2) is 16.9 Å². The molecule has 0 radical (unpaired) electrons. The van der Waals surface area contributed by atoms with E-state index in [2.05, 4.69) is 5.32 Å². The number of anilines is 2. The first kappa shape index (κ1) is 17.0. The Morgan fingerprint density at radius 2 is 1.56 bits per heavy atom. The Balaban J connectivity index is 1.98. The average molecular weight is 357 g/mol. The van der Waals surface area contributed by atoms with Crippen LogP contribution in [0, 0.1) is 20.8 Å². The fraction of sp³-hybridized carbons (Fsp3) is 0.158. The monoisotopic (exact) mass is 356 g/mol. The van der Waals surface area contributed by atoms with Crippen molar-refractivity contribution < 1.29 is 14.7 Å². The van der Waals surface area contributed by atoms with Crippen LogP contribution < -0.4 is 10.2 Å². The van der Waals surface area contributed by atoms with Crippen LogP contribution in [0.15, 0.2) is 47.1 Å². The Morgan fingerprint density at radius 1 is 0.920 bits per heavy atom. The Hall–Kier alpha value is -2.79. The molecule has 128 valence electrons. The molecule has 2 N–H and O–H groups in total. The lowest BCUT2D eigenvalue weighted by molar-refractivity contribution is -0.120. The third-order valence-corrected chi connectivity index (χ3v) is 4.25. The molecule has 0 spiro atoms. The van der Waals surface area contributed by atoms with Crippen molar-refractivity contribution in [2.45, 2.75) is 20.8 Å². The summed E-state index contributed by atoms with van der Waals surface area (Å²) in [5, 5.41) is 12.5. The minimum atomic E-state index is -0.591. The molecule has 0 bridgehead atoms. The molecule has 0 unspecified atom stereocenters. The third-order valence-electron chi connectivity index (χ3n) is 3.90. The minimum absolute atomic E-state index is 0.0346. The highest BCUT2D eigenvalue weighted by molar-refractivity contribution is 6.53. The van der Waals surface area contributed by atoms with Crippen molar-refractivity contribution in [1.82, 2.24) is 0 Å². The average Bonchev–Trinajstić information content (AvgIpc) is 2.73. The number of amides is 2. The van der Waals surface area contributed by atoms with E-state index >= 15 is 0 Å². The number of carbonyl (C=O) groups is 2. The van der Waals surface area contributed by atoms with Crippen molar-refractivity contribution in [3.8, 4) is 5.75 Å². The molecule has 6 heteroatoms. The molecule has 1 heterocycles. The van der Waals surface area contributed by atoms with Gasteiger partial charge in [0.2, 0.25) is 0 Å². The minimum Gasteiger partial charge on any atom is -0.506 e. The number of benzene rings is 2. The number of hydrogen-bond acceptors (Lipinski definition) is 4. The number of carbonyl (C=O) groups excluding carboxylic acids is 2. The predicted molar refractivity (Wildman–Crippen MR) is 97.8 cm³/mol. The molecule has 3 rings (SSSR count). The Morgan fingerprint density at radius 3 is 2.20 bits per heavy atom. The molecule has 25 heavy (non-hydrogen) atoms. The van der Waals surface area contributed by atoms with Crippen molar-refractivity contribution in [2.75, 3.05) is 10.2 Å². The van der Waals surface area contributed by atoms with Crippen LogP contribution in [0.25, 0.3) is 0 Å². The summed E-state index contributed by atoms with van der Waals surface area (Å²) < 4.78 is 0. The van der Waals surface area contributed by atoms with Crippen LogP contribution in [0.4, 0.5) is 11.4 Å². The van der Waals surface area contributed by atoms with Gasteiger partial charge in [-0.05, 0) is 61.7 Å². The maximum absolute atomic E-state index is 12.8. The maximum Gasteiger partial charge on any atom is 0.283 e. The first-order valence-electron chi connectivity index (χ1n) is 7.71. The van der Waals surface area contributed by atoms with E-state index in [1.54, 1.807) is 24.3 Å². The number of phenols is 1. The van der Waals surface area contributed by atoms with Gasteiger partial charge >= 0.3 is 0 Å². The lowest BCUT2D eigenvalue weighted by Crippen LogP contribution is -2.32. The molecule has 0 saturated carbocycles. The van der Waals surface area contributed by atoms with Gasteiger partial charge in [-0.1, -0.05) is 23.7 Å². The molecular weight excluding hydrogens is 340 g/mol. The summed E-state index contributed by atoms with van der Waals surface area (Å²) in [6, 6.07) is 10.4. The summed E-state index contributed by atoms with van der Waals surface area (Å²) in [7, 11) is 0. The first-order valence-corrected chi connectivity index (χ1v) is 8.09. The van der Waals surface area contributed by atoms with Crippen LogP contribution in [0.3, 0.4) is 0 Å². The summed E-state index contributed by atoms with van der Waals surface area (Å²) in [5.74, 6) is -1.18. The van der Waals surface area contributed by atoms with Crippen LogP contribution in [-0.2, 0) is 9.59 Å². The molecule has 0 fully saturated rings. The molecule has 1 aliphatic heterocycles. The van der Waals surface area contributed by atoms with E-state index in [1.165, 1.54) is 6.07 Å². The van der Waals surface area contributed by atoms with Crippen molar-refractivity contribution in [3.63, 3.8) is 0 Å². The number of phenolic OH excluding ortho intramolecular Hbond substituents is 1. The molecule has 0 aliphatic carbocycles. The van der Waals surface area contributed by atoms with E-state index in [4.69, 9.17) is 11.6 Å². The number of halogens is 1. The topological polar surface area (TPSA) is 69.6 Å². The number of aryl methyl sites for hydroxylation is 3. The smallest absolute Gasteiger partial charge is 0.283 e. The number of nitrogens with zero attached hydrogens (tertiary/aromatic N) is 1. The van der Waals surface area contributed by atoms with Crippen molar-refractivity contribution in [2.24, 2.45) is 0 Å². The van der Waals surface area contributed by atoms with Gasteiger partial charge in [-0.2, -0.15) is 0 Å². The molecule has 2 amide bonds. The summed E-state index contributed by atoms with van der Waals surface area (Å²) in [6.07, 6.45) is 0. The number of nitrogens with one attached hydrogen (secondary N) is 1. The van der Waals surface area contributed by atoms with Crippen LogP contribution in [0.1, 0.15) is 16.7 Å². The predicted octanol–water partition coefficient (Wildman–Crippen LogP) is 3.75. The van der Waals surface area contributed by atoms with Gasteiger partial charge in [0.15, 0.2) is 0 Å². The van der Waals surface area contributed by atoms with E-state index in [1.807, 2.05) is 26.8 Å². The summed E-state index contributed by atoms with van der Waals surface area (Å²) in [5.41, 5.74) is 3.49. The maximum atomic E-state index is 12.8. The van der Waals surface area contributed by atoms with E-state index in [0.717, 1.165) is 21.6 Å². The molecule has 2 aromatic rings. The quantitative estimate of drug-likeness (QED) is 0.649. The van der Waals surface area contributed by atoms with Crippen LogP contribution in [0.5, 0.6) is 5.75 Å². The second-order valence-electron chi connectivity index (χ2n) is 6.13. The summed E-state index contributed by atoms with van der Waals surface area (Å²) >= 11 is 6.11. The standard InChI is InChI=1S/C19H17ClN2O3/c1-10-4-5-15(23)14(9-10)21-17-16(20)18(24)22(19(17)25)13-7-11(2)6-12(3)8-13/h4-9,21,23H,1-3H3. The van der Waals surface area contributed by atoms with Crippen LogP contribution in [0.2, 0.25) is 0 Å². The third kappa shape index (κ3) is 3.10. The van der Waals surface area contributed by atoms with Crippen molar-refractivity contribution in [1.29, 1.82) is 0 Å². The van der Waals surface area contributed by atoms with Crippen molar-refractivity contribution in [3.05, 3.63) is 63.8 Å². The van der Waals surface area contributed by atoms with Gasteiger partial charge in [-0.3, -0.25) is 9.59 Å². The molecule has 0 saturated heterocycles. The highest BCUT2D eigenvalue weighted by atomic mass is 35.5. The zero-order valence-electron chi connectivity index (χ0n) is 14.1. The van der Waals surface area contributed by atoms with Gasteiger partial charge in [0, 0.05) is 0 Å². The normalized spacial score (nSPS) is 14.5. The van der Waals surface area contributed by atoms with E-state index in [0.29, 0.717) is 11.4 Å². The highest BCUT2D eigenvalue weighted by Crippen LogP contribution is 2.33. The van der Waals surface area contributed by atoms with Gasteiger partial charge < -0.3 is 10.4 Å². The Kier molecular flexibility index (Phi) is 4.27. The van der Waals surface area contributed by atoms with Gasteiger partial charge in [0.05, 0.1) is 11.4 Å². The van der Waals surface area contributed by atoms with Crippen molar-refractivity contribution >= 4 is 34.8 Å². The van der Waals surface area contributed by atoms with Gasteiger partial charge in [-0.25, -0.2) is 4.90 Å². The number of rotatable bonds is 3. The lowest BCUT2D eigenvalue weighted by Gasteiger charge is -2.16. The largest absolute Gasteiger partial charge is 0.506 e. The number of imide groups is 1. The van der Waals surface area contributed by atoms with E-state index < -0.39 is 11.8 Å². The van der Waals surface area contributed by atoms with Gasteiger partial charge in [0.25, 0.3) is 11.8 Å². The van der Waals surface area contributed by atoms with Crippen LogP contribution >= 0.6 is 11.6 Å². The van der Waals surface area contributed by atoms with Gasteiger partial charge in [-0.15, -0.1) is 0 Å². The fourth-order valence-corrected chi connectivity index (χ4v) is 3.02. The van der Waals surface area contributed by atoms with Gasteiger partial charge in [0.1, 0.15) is 16.5 Å². The molecular formula is C19H17ClN2O3. The zero-order chi connectivity index (χ0) is 18.3. The Bertz CT molecular complexity index is 914. The highest BCUT2D eigenvalue weighted by Gasteiger charge is 2.39. The molecule has 2 aromatic carbocycles. The second-order valence-corrected chi connectivity index (χ2v) is 6.50. The second kappa shape index (κ2) is 6.26. The molecule has 0 aromatic heterocycles. The first-order chi connectivity index (χ1) is 11.8. The molecule has 5 nitrogen and oxygen atoms in total. The number of aromatic hydroxyl groups is 1. The fourth-order valence-electron chi connectivity index (χ4n) is 2.81. The van der Waals surface area contributed by atoms with E-state index in [-0.39, 0.29) is 16.5 Å².